The number of hydrogen-bond donors (Lipinski definition) is 4. The normalized spacial score (nSPS) is 16.3. The highest BCUT2D eigenvalue weighted by molar-refractivity contribution is 7.91. The van der Waals surface area contributed by atoms with E-state index in [-0.39, 0.29) is 17.4 Å². The summed E-state index contributed by atoms with van der Waals surface area (Å²) in [6, 6.07) is 1.84. The molecule has 0 saturated heterocycles. The van der Waals surface area contributed by atoms with Crippen molar-refractivity contribution in [1.82, 2.24) is 14.5 Å². The summed E-state index contributed by atoms with van der Waals surface area (Å²) >= 11 is 0. The number of anilines is 1. The molecule has 2 atom stereocenters. The van der Waals surface area contributed by atoms with Crippen LogP contribution < -0.4 is 10.0 Å². The van der Waals surface area contributed by atoms with Gasteiger partial charge in [-0.15, -0.1) is 0 Å². The average molecular weight is 475 g/mol. The zero-order valence-corrected chi connectivity index (χ0v) is 19.3. The van der Waals surface area contributed by atoms with Gasteiger partial charge in [0.15, 0.2) is 14.9 Å². The van der Waals surface area contributed by atoms with Gasteiger partial charge < -0.3 is 10.4 Å². The number of halogens is 1. The summed E-state index contributed by atoms with van der Waals surface area (Å²) in [7, 11) is -3.77. The Hall–Kier alpha value is -3.31. The van der Waals surface area contributed by atoms with Crippen LogP contribution >= 0.6 is 0 Å². The lowest BCUT2D eigenvalue weighted by atomic mass is 9.96. The van der Waals surface area contributed by atoms with Gasteiger partial charge in [-0.3, -0.25) is 9.67 Å². The second-order valence-corrected chi connectivity index (χ2v) is 9.41. The largest absolute Gasteiger partial charge is 0.391 e. The summed E-state index contributed by atoms with van der Waals surface area (Å²) in [5, 5.41) is 16.0. The van der Waals surface area contributed by atoms with Gasteiger partial charge in [-0.25, -0.2) is 22.9 Å². The van der Waals surface area contributed by atoms with Crippen LogP contribution in [-0.2, 0) is 29.3 Å². The van der Waals surface area contributed by atoms with E-state index in [1.54, 1.807) is 26.0 Å². The fourth-order valence-electron chi connectivity index (χ4n) is 3.77. The third-order valence-electron chi connectivity index (χ3n) is 5.17. The van der Waals surface area contributed by atoms with Gasteiger partial charge in [-0.1, -0.05) is 6.08 Å². The summed E-state index contributed by atoms with van der Waals surface area (Å²) in [6.07, 6.45) is 7.54. The number of aliphatic imine (C=N–C) groups is 1. The molecule has 9 nitrogen and oxygen atoms in total. The van der Waals surface area contributed by atoms with E-state index in [0.717, 1.165) is 6.42 Å². The number of benzene rings is 1. The van der Waals surface area contributed by atoms with Crippen LogP contribution in [0.3, 0.4) is 0 Å². The first-order valence-electron chi connectivity index (χ1n) is 10.4. The summed E-state index contributed by atoms with van der Waals surface area (Å²) in [5.74, 6) is -0.351. The number of urea groups is 1. The lowest BCUT2D eigenvalue weighted by molar-refractivity contribution is 0.168. The molecule has 1 aliphatic rings. The van der Waals surface area contributed by atoms with Crippen LogP contribution in [0.15, 0.2) is 46.7 Å². The maximum atomic E-state index is 14.8. The molecule has 11 heteroatoms. The number of allylic oxidation sites excluding steroid dienone is 3. The van der Waals surface area contributed by atoms with Crippen LogP contribution in [-0.4, -0.2) is 37.9 Å². The van der Waals surface area contributed by atoms with Crippen molar-refractivity contribution in [3.05, 3.63) is 59.2 Å². The Bertz CT molecular complexity index is 1230. The second kappa shape index (κ2) is 10.1. The SMILES string of the molecule is C=N/C=C\C(=C/C)c1cc(F)c2c(c1NC(=O)NS(=N)(=O)c1ccn(C[C@@H](C)O)n1)CCC2. The van der Waals surface area contributed by atoms with E-state index in [1.165, 1.54) is 29.2 Å². The van der Waals surface area contributed by atoms with Gasteiger partial charge in [0.05, 0.1) is 18.3 Å². The first kappa shape index (κ1) is 24.3. The highest BCUT2D eigenvalue weighted by Crippen LogP contribution is 2.37. The Balaban J connectivity index is 1.91. The molecule has 1 unspecified atom stereocenters. The minimum atomic E-state index is -3.77. The smallest absolute Gasteiger partial charge is 0.332 e. The molecule has 0 fully saturated rings. The molecule has 2 aromatic rings. The zero-order chi connectivity index (χ0) is 24.2. The van der Waals surface area contributed by atoms with Crippen LogP contribution in [0.5, 0.6) is 0 Å². The van der Waals surface area contributed by atoms with Crippen LogP contribution in [0.25, 0.3) is 5.57 Å². The monoisotopic (exact) mass is 474 g/mol. The van der Waals surface area contributed by atoms with Crippen LogP contribution in [0.1, 0.15) is 37.0 Å². The number of carbonyl (C=O) groups is 1. The molecule has 0 bridgehead atoms. The number of fused-ring (bicyclic) bond motifs is 1. The summed E-state index contributed by atoms with van der Waals surface area (Å²) in [4.78, 5) is 16.5. The predicted octanol–water partition coefficient (Wildman–Crippen LogP) is 3.65. The molecule has 1 aromatic heterocycles. The van der Waals surface area contributed by atoms with Gasteiger partial charge in [0.25, 0.3) is 0 Å². The number of nitrogens with one attached hydrogen (secondary N) is 3. The van der Waals surface area contributed by atoms with Gasteiger partial charge in [0, 0.05) is 18.0 Å². The van der Waals surface area contributed by atoms with E-state index in [1.807, 2.05) is 0 Å². The molecule has 0 radical (unpaired) electrons. The summed E-state index contributed by atoms with van der Waals surface area (Å²) in [5.41, 5.74) is 2.69. The zero-order valence-electron chi connectivity index (χ0n) is 18.5. The third-order valence-corrected chi connectivity index (χ3v) is 6.45. The molecule has 1 aliphatic carbocycles. The van der Waals surface area contributed by atoms with E-state index >= 15 is 0 Å². The van der Waals surface area contributed by atoms with Crippen molar-refractivity contribution in [2.45, 2.75) is 50.8 Å². The number of amides is 2. The molecule has 176 valence electrons. The highest BCUT2D eigenvalue weighted by Gasteiger charge is 2.25. The number of aliphatic hydroxyl groups is 1. The minimum Gasteiger partial charge on any atom is -0.391 e. The maximum Gasteiger partial charge on any atom is 0.332 e. The lowest BCUT2D eigenvalue weighted by Gasteiger charge is -2.18. The van der Waals surface area contributed by atoms with Crippen molar-refractivity contribution < 1.29 is 18.5 Å². The molecule has 0 spiro atoms. The first-order chi connectivity index (χ1) is 15.7. The topological polar surface area (TPSA) is 132 Å². The Morgan fingerprint density at radius 2 is 2.21 bits per heavy atom. The van der Waals surface area contributed by atoms with Crippen LogP contribution in [0, 0.1) is 10.6 Å². The molecule has 2 amide bonds. The minimum absolute atomic E-state index is 0.142. The molecule has 1 aromatic carbocycles. The van der Waals surface area contributed by atoms with Gasteiger partial charge in [0.2, 0.25) is 0 Å². The van der Waals surface area contributed by atoms with Gasteiger partial charge in [-0.2, -0.15) is 5.10 Å². The molecular weight excluding hydrogens is 447 g/mol. The van der Waals surface area contributed by atoms with Crippen LogP contribution in [0.4, 0.5) is 14.9 Å². The van der Waals surface area contributed by atoms with Crippen molar-refractivity contribution in [3.8, 4) is 0 Å². The third kappa shape index (κ3) is 5.55. The maximum absolute atomic E-state index is 14.8. The average Bonchev–Trinajstić information content (AvgIpc) is 3.41. The van der Waals surface area contributed by atoms with Gasteiger partial charge >= 0.3 is 6.03 Å². The van der Waals surface area contributed by atoms with Crippen molar-refractivity contribution in [3.63, 3.8) is 0 Å². The Morgan fingerprint density at radius 1 is 1.48 bits per heavy atom. The van der Waals surface area contributed by atoms with E-state index in [4.69, 9.17) is 4.78 Å². The molecule has 0 saturated carbocycles. The van der Waals surface area contributed by atoms with E-state index in [2.05, 4.69) is 26.8 Å². The predicted molar refractivity (Wildman–Crippen MR) is 126 cm³/mol. The first-order valence-corrected chi connectivity index (χ1v) is 11.9. The number of aliphatic hydroxyl groups excluding tert-OH is 1. The van der Waals surface area contributed by atoms with Crippen molar-refractivity contribution in [2.24, 2.45) is 4.99 Å². The van der Waals surface area contributed by atoms with Crippen molar-refractivity contribution in [1.29, 1.82) is 4.78 Å². The highest BCUT2D eigenvalue weighted by atomic mass is 32.2. The molecule has 3 rings (SSSR count). The summed E-state index contributed by atoms with van der Waals surface area (Å²) in [6.45, 7) is 6.91. The molecule has 4 N–H and O–H groups in total. The molecular formula is C22H27FN6O3S. The molecule has 0 aliphatic heterocycles. The van der Waals surface area contributed by atoms with E-state index in [9.17, 15) is 18.5 Å². The molecule has 1 heterocycles. The standard InChI is InChI=1S/C22H27FN6O3S/c1-4-15(8-10-25-3)18-12-19(23)16-6-5-7-17(16)21(18)26-22(31)28-33(24,32)20-9-11-29(27-20)13-14(2)30/h4,8-12,14,30H,3,5-7,13H2,1-2H3,(H3,24,26,28,31,32)/b10-8-,15-4+/t14-,33?/m1/s1. The van der Waals surface area contributed by atoms with Gasteiger partial charge in [-0.05, 0) is 74.7 Å². The second-order valence-electron chi connectivity index (χ2n) is 7.67. The Kier molecular flexibility index (Phi) is 7.44. The Morgan fingerprint density at radius 3 is 2.88 bits per heavy atom. The van der Waals surface area contributed by atoms with Crippen molar-refractivity contribution in [2.75, 3.05) is 5.32 Å². The number of rotatable bonds is 8. The number of hydrogen-bond acceptors (Lipinski definition) is 6. The van der Waals surface area contributed by atoms with E-state index < -0.39 is 22.1 Å². The number of carbonyl (C=O) groups excluding carboxylic acids is 1. The number of nitrogens with zero attached hydrogens (tertiary/aromatic N) is 3. The quantitative estimate of drug-likeness (QED) is 0.343. The van der Waals surface area contributed by atoms with E-state index in [0.29, 0.717) is 40.8 Å². The lowest BCUT2D eigenvalue weighted by Crippen LogP contribution is -2.34. The van der Waals surface area contributed by atoms with Gasteiger partial charge in [0.1, 0.15) is 5.82 Å². The molecule has 33 heavy (non-hydrogen) atoms. The number of aromatic nitrogens is 2. The Labute approximate surface area is 192 Å². The fourth-order valence-corrected chi connectivity index (χ4v) is 4.66. The summed E-state index contributed by atoms with van der Waals surface area (Å²) < 4.78 is 39.2. The van der Waals surface area contributed by atoms with Crippen molar-refractivity contribution >= 4 is 33.9 Å². The fraction of sp³-hybridized carbons (Fsp3) is 0.318. The van der Waals surface area contributed by atoms with Crippen LogP contribution in [0.2, 0.25) is 0 Å².